The second-order valence-electron chi connectivity index (χ2n) is 14.1. The Morgan fingerprint density at radius 2 is 0.130 bits per heavy atom. The van der Waals surface area contributed by atoms with E-state index in [0.29, 0.717) is 0 Å². The fraction of sp³-hybridized carbons (Fsp3) is 1.00. The Bertz CT molecular complexity index is 321. The Hall–Kier alpha value is -0.480. The van der Waals surface area contributed by atoms with Crippen molar-refractivity contribution in [1.29, 1.82) is 0 Å². The number of methoxy groups -OCH3 is 12. The summed E-state index contributed by atoms with van der Waals surface area (Å²) in [5, 5.41) is 0. The molecule has 0 amide bonds. The van der Waals surface area contributed by atoms with E-state index in [2.05, 4.69) is 56.8 Å². The summed E-state index contributed by atoms with van der Waals surface area (Å²) < 4.78 is 52.2. The van der Waals surface area contributed by atoms with E-state index in [0.717, 1.165) is 26.4 Å². The van der Waals surface area contributed by atoms with E-state index < -0.39 is 0 Å². The first-order valence-corrected chi connectivity index (χ1v) is 42.1. The monoisotopic (exact) mass is 1490 g/mol. The van der Waals surface area contributed by atoms with Gasteiger partial charge in [-0.15, -0.1) is 0 Å². The molecule has 12 heteroatoms. The Morgan fingerprint density at radius 3 is 0.130 bits per heavy atom. The summed E-state index contributed by atoms with van der Waals surface area (Å²) in [7, 11) is 32.7. The predicted molar refractivity (Wildman–Crippen MR) is 489 cm³/mol. The third-order valence-corrected chi connectivity index (χ3v) is 7.15. The van der Waals surface area contributed by atoms with Crippen molar-refractivity contribution in [1.82, 2.24) is 0 Å². The van der Waals surface area contributed by atoms with Crippen LogP contribution in [0.1, 0.15) is 431 Å². The normalized spacial score (nSPS) is 9.48. The summed E-state index contributed by atoms with van der Waals surface area (Å²) in [6.07, 6.45) is 36.0. The van der Waals surface area contributed by atoms with Crippen LogP contribution in [0, 0.1) is 0 Å². The van der Waals surface area contributed by atoms with Gasteiger partial charge in [0.25, 0.3) is 0 Å². The average molecular weight is 1490 g/mol. The molecule has 0 bridgehead atoms. The maximum Gasteiger partial charge on any atom is 0.0433 e. The maximum absolute atomic E-state index is 4.54. The van der Waals surface area contributed by atoms with Crippen LogP contribution >= 0.6 is 0 Å². The highest BCUT2D eigenvalue weighted by atomic mass is 16.5. The summed E-state index contributed by atoms with van der Waals surface area (Å²) >= 11 is 0. The molecule has 0 radical (unpaired) electrons. The van der Waals surface area contributed by atoms with Crippen LogP contribution < -0.4 is 0 Å². The molecule has 12 nitrogen and oxygen atoms in total. The molecule has 0 unspecified atom stereocenters. The van der Waals surface area contributed by atoms with Crippen molar-refractivity contribution in [2.24, 2.45) is 0 Å². The Balaban J connectivity index is -0.0000000181. The van der Waals surface area contributed by atoms with Crippen LogP contribution in [0.5, 0.6) is 0 Å². The predicted octanol–water partition coefficient (Wildman–Crippen LogP) is 32.5. The van der Waals surface area contributed by atoms with Gasteiger partial charge in [-0.2, -0.15) is 0 Å². The summed E-state index contributed by atoms with van der Waals surface area (Å²) in [4.78, 5) is 0. The minimum absolute atomic E-state index is 0.819. The first-order valence-electron chi connectivity index (χ1n) is 42.1. The van der Waals surface area contributed by atoms with Gasteiger partial charge in [0.2, 0.25) is 0 Å². The van der Waals surface area contributed by atoms with E-state index in [4.69, 9.17) is 0 Å². The van der Waals surface area contributed by atoms with Gasteiger partial charge >= 0.3 is 0 Å². The lowest BCUT2D eigenvalue weighted by atomic mass is 10.0. The zero-order valence-electron chi connectivity index (χ0n) is 84.7. The van der Waals surface area contributed by atoms with E-state index in [1.54, 1.807) is 142 Å². The lowest BCUT2D eigenvalue weighted by molar-refractivity contribution is 0.215. The zero-order valence-corrected chi connectivity index (χ0v) is 84.7. The molecule has 0 aliphatic heterocycles. The first kappa shape index (κ1) is 200. The van der Waals surface area contributed by atoms with Gasteiger partial charge in [-0.1, -0.05) is 403 Å². The largest absolute Gasteiger partial charge is 0.388 e. The molecule has 6 aliphatic rings. The van der Waals surface area contributed by atoms with Crippen LogP contribution in [0.4, 0.5) is 0 Å². The van der Waals surface area contributed by atoms with Gasteiger partial charge in [-0.25, -0.2) is 0 Å². The van der Waals surface area contributed by atoms with Crippen molar-refractivity contribution < 1.29 is 56.8 Å². The first-order chi connectivity index (χ1) is 49.0. The van der Waals surface area contributed by atoms with Crippen molar-refractivity contribution in [3.8, 4) is 0 Å². The molecule has 100 heavy (non-hydrogen) atoms. The summed E-state index contributed by atoms with van der Waals surface area (Å²) in [5.74, 6) is 0. The van der Waals surface area contributed by atoms with Crippen molar-refractivity contribution in [2.75, 3.05) is 169 Å². The van der Waals surface area contributed by atoms with E-state index >= 15 is 0 Å². The van der Waals surface area contributed by atoms with Gasteiger partial charge in [0.15, 0.2) is 0 Å². The van der Waals surface area contributed by atoms with Crippen LogP contribution in [0.25, 0.3) is 0 Å². The Labute approximate surface area is 653 Å². The molecule has 0 spiro atoms. The molecule has 0 aromatic carbocycles. The van der Waals surface area contributed by atoms with Crippen LogP contribution in [0.2, 0.25) is 0 Å². The molecule has 0 atom stereocenters. The lowest BCUT2D eigenvalue weighted by Gasteiger charge is -2.05. The zero-order chi connectivity index (χ0) is 88.3. The molecular formula is C88H236O12. The molecule has 6 saturated carbocycles. The van der Waals surface area contributed by atoms with Crippen molar-refractivity contribution in [3.63, 3.8) is 0 Å². The van der Waals surface area contributed by atoms with Crippen molar-refractivity contribution in [3.05, 3.63) is 0 Å². The molecule has 0 heterocycles. The fourth-order valence-corrected chi connectivity index (χ4v) is 1.50. The van der Waals surface area contributed by atoms with E-state index in [1.165, 1.54) is 154 Å². The third-order valence-electron chi connectivity index (χ3n) is 7.15. The molecule has 6 fully saturated rings. The molecular weight excluding hydrogens is 1250 g/mol. The SMILES string of the molecule is C1CCC1.C1CCC1.C1CCC1.C1CCC1.C1CCC1.C1CCC1.CC.CC.CC.CC.CC.CC.CC.CC.CC.CC.CC.CC.CC.CC.CC.CC.CC.CC.CCOC.CCOC.CCOC.CCOC.COC.COC.COC.COC.COC.COC.COC.COC. The van der Waals surface area contributed by atoms with Gasteiger partial charge in [-0.3, -0.25) is 0 Å². The second kappa shape index (κ2) is 600. The quantitative estimate of drug-likeness (QED) is 0.267. The van der Waals surface area contributed by atoms with Gasteiger partial charge in [0.05, 0.1) is 0 Å². The standard InChI is InChI=1S/6C4H8.4C3H8O.8C2H6O.18C2H6/c6*1-2-4-3-1;4*1-3-4-2;8*1-3-2;18*1-2/h6*1-4H2;4*3H2,1-2H3;8*1-2H3;18*1-2H3. The molecule has 0 N–H and O–H groups in total. The molecule has 660 valence electrons. The van der Waals surface area contributed by atoms with Crippen LogP contribution in [-0.4, -0.2) is 169 Å². The second-order valence-corrected chi connectivity index (χ2v) is 14.1. The minimum Gasteiger partial charge on any atom is -0.388 e. The number of hydrogen-bond donors (Lipinski definition) is 0. The lowest BCUT2D eigenvalue weighted by Crippen LogP contribution is -1.85. The van der Waals surface area contributed by atoms with E-state index in [-0.39, 0.29) is 0 Å². The number of rotatable bonds is 4. The Morgan fingerprint density at radius 1 is 0.110 bits per heavy atom. The topological polar surface area (TPSA) is 111 Å². The molecule has 6 aliphatic carbocycles. The third kappa shape index (κ3) is 1200. The van der Waals surface area contributed by atoms with Crippen molar-refractivity contribution in [2.45, 2.75) is 431 Å². The van der Waals surface area contributed by atoms with Gasteiger partial charge in [0, 0.05) is 169 Å². The van der Waals surface area contributed by atoms with Crippen LogP contribution in [0.15, 0.2) is 0 Å². The summed E-state index contributed by atoms with van der Waals surface area (Å²) in [6, 6.07) is 0. The maximum atomic E-state index is 4.54. The summed E-state index contributed by atoms with van der Waals surface area (Å²) in [6.45, 7) is 83.1. The molecule has 0 aromatic heterocycles. The molecule has 0 aromatic rings. The van der Waals surface area contributed by atoms with E-state index in [1.807, 2.05) is 277 Å². The van der Waals surface area contributed by atoms with Crippen LogP contribution in [-0.2, 0) is 56.8 Å². The van der Waals surface area contributed by atoms with Gasteiger partial charge in [0.1, 0.15) is 0 Å². The fourth-order valence-electron chi connectivity index (χ4n) is 1.50. The highest BCUT2D eigenvalue weighted by molar-refractivity contribution is 4.53. The highest BCUT2D eigenvalue weighted by Gasteiger charge is 1.97. The molecule has 6 rings (SSSR count). The van der Waals surface area contributed by atoms with Crippen molar-refractivity contribution >= 4 is 0 Å². The molecule has 0 saturated heterocycles. The minimum atomic E-state index is 0.819. The van der Waals surface area contributed by atoms with Gasteiger partial charge in [-0.05, 0) is 27.7 Å². The van der Waals surface area contributed by atoms with Crippen LogP contribution in [0.3, 0.4) is 0 Å². The summed E-state index contributed by atoms with van der Waals surface area (Å²) in [5.41, 5.74) is 0. The smallest absolute Gasteiger partial charge is 0.0433 e. The highest BCUT2D eigenvalue weighted by Crippen LogP contribution is 2.17. The number of hydrogen-bond acceptors (Lipinski definition) is 12. The van der Waals surface area contributed by atoms with E-state index in [9.17, 15) is 0 Å². The van der Waals surface area contributed by atoms with Gasteiger partial charge < -0.3 is 56.8 Å². The Kier molecular flexibility index (Phi) is 1200. The number of ether oxygens (including phenoxy) is 12. The average Bonchev–Trinajstić information content (AvgIpc) is 3.85.